The Balaban J connectivity index is 1.52. The molecule has 2 amide bonds. The smallest absolute Gasteiger partial charge is 0.317 e. The molecule has 0 spiro atoms. The van der Waals surface area contributed by atoms with Crippen LogP contribution in [0.2, 0.25) is 0 Å². The van der Waals surface area contributed by atoms with E-state index in [-0.39, 0.29) is 11.4 Å². The van der Waals surface area contributed by atoms with E-state index in [1.165, 1.54) is 5.56 Å². The zero-order valence-electron chi connectivity index (χ0n) is 16.2. The maximum absolute atomic E-state index is 12.7. The fourth-order valence-electron chi connectivity index (χ4n) is 5.12. The zero-order valence-corrected chi connectivity index (χ0v) is 16.2. The minimum atomic E-state index is 0.0347. The van der Waals surface area contributed by atoms with E-state index in [2.05, 4.69) is 40.5 Å². The van der Waals surface area contributed by atoms with Crippen LogP contribution >= 0.6 is 0 Å². The molecule has 3 aliphatic rings. The van der Waals surface area contributed by atoms with Gasteiger partial charge in [-0.15, -0.1) is 0 Å². The van der Waals surface area contributed by atoms with Crippen molar-refractivity contribution in [1.82, 2.24) is 15.1 Å². The Kier molecular flexibility index (Phi) is 5.66. The molecule has 148 valence electrons. The molecule has 27 heavy (non-hydrogen) atoms. The molecule has 0 aliphatic carbocycles. The van der Waals surface area contributed by atoms with Gasteiger partial charge < -0.3 is 19.7 Å². The molecule has 3 fully saturated rings. The third-order valence-electron chi connectivity index (χ3n) is 6.64. The van der Waals surface area contributed by atoms with E-state index in [9.17, 15) is 4.79 Å². The molecular formula is C21H31N3O3. The van der Waals surface area contributed by atoms with Gasteiger partial charge in [-0.05, 0) is 24.9 Å². The molecular weight excluding hydrogens is 342 g/mol. The standard InChI is InChI=1S/C21H31N3O3/c1-26-12-9-22-20(25)24-14-18-13-23(19-7-11-27-15-19)10-8-21(18,16-24)17-5-3-2-4-6-17/h2-6,18-19H,7-16H2,1H3,(H,22,25)/t18-,19?,21+/m1/s1. The first-order valence-electron chi connectivity index (χ1n) is 10.1. The van der Waals surface area contributed by atoms with Gasteiger partial charge >= 0.3 is 6.03 Å². The highest BCUT2D eigenvalue weighted by Gasteiger charge is 2.52. The summed E-state index contributed by atoms with van der Waals surface area (Å²) in [6.07, 6.45) is 2.23. The number of fused-ring (bicyclic) bond motifs is 1. The monoisotopic (exact) mass is 373 g/mol. The third-order valence-corrected chi connectivity index (χ3v) is 6.64. The molecule has 6 nitrogen and oxygen atoms in total. The highest BCUT2D eigenvalue weighted by Crippen LogP contribution is 2.45. The van der Waals surface area contributed by atoms with Crippen LogP contribution in [-0.4, -0.2) is 81.5 Å². The second-order valence-electron chi connectivity index (χ2n) is 8.09. The zero-order chi connectivity index (χ0) is 18.7. The van der Waals surface area contributed by atoms with Crippen molar-refractivity contribution in [3.63, 3.8) is 0 Å². The molecule has 0 radical (unpaired) electrons. The van der Waals surface area contributed by atoms with Gasteiger partial charge in [-0.3, -0.25) is 4.90 Å². The van der Waals surface area contributed by atoms with Crippen molar-refractivity contribution in [3.8, 4) is 0 Å². The number of benzene rings is 1. The fraction of sp³-hybridized carbons (Fsp3) is 0.667. The minimum Gasteiger partial charge on any atom is -0.383 e. The Morgan fingerprint density at radius 2 is 2.19 bits per heavy atom. The van der Waals surface area contributed by atoms with Crippen LogP contribution in [0.25, 0.3) is 0 Å². The highest BCUT2D eigenvalue weighted by atomic mass is 16.5. The predicted molar refractivity (Wildman–Crippen MR) is 104 cm³/mol. The summed E-state index contributed by atoms with van der Waals surface area (Å²) in [4.78, 5) is 17.3. The summed E-state index contributed by atoms with van der Waals surface area (Å²) in [6, 6.07) is 11.4. The van der Waals surface area contributed by atoms with Crippen molar-refractivity contribution in [2.45, 2.75) is 24.3 Å². The van der Waals surface area contributed by atoms with E-state index in [1.54, 1.807) is 7.11 Å². The highest BCUT2D eigenvalue weighted by molar-refractivity contribution is 5.75. The first kappa shape index (κ1) is 18.7. The molecule has 3 aliphatic heterocycles. The average Bonchev–Trinajstić information content (AvgIpc) is 3.36. The van der Waals surface area contributed by atoms with Crippen LogP contribution in [-0.2, 0) is 14.9 Å². The molecule has 1 aromatic carbocycles. The van der Waals surface area contributed by atoms with Gasteiger partial charge in [0, 0.05) is 57.3 Å². The summed E-state index contributed by atoms with van der Waals surface area (Å²) in [7, 11) is 1.66. The summed E-state index contributed by atoms with van der Waals surface area (Å²) >= 11 is 0. The number of likely N-dealkylation sites (tertiary alicyclic amines) is 2. The Morgan fingerprint density at radius 3 is 2.93 bits per heavy atom. The largest absolute Gasteiger partial charge is 0.383 e. The van der Waals surface area contributed by atoms with E-state index >= 15 is 0 Å². The van der Waals surface area contributed by atoms with Crippen molar-refractivity contribution >= 4 is 6.03 Å². The Labute approximate surface area is 161 Å². The Morgan fingerprint density at radius 1 is 1.33 bits per heavy atom. The topological polar surface area (TPSA) is 54.0 Å². The molecule has 3 saturated heterocycles. The minimum absolute atomic E-state index is 0.0347. The van der Waals surface area contributed by atoms with Gasteiger partial charge in [0.25, 0.3) is 0 Å². The molecule has 6 heteroatoms. The number of nitrogens with zero attached hydrogens (tertiary/aromatic N) is 2. The predicted octanol–water partition coefficient (Wildman–Crippen LogP) is 1.71. The van der Waals surface area contributed by atoms with Crippen molar-refractivity contribution in [1.29, 1.82) is 0 Å². The summed E-state index contributed by atoms with van der Waals surface area (Å²) in [5.74, 6) is 0.461. The Hall–Kier alpha value is -1.63. The number of ether oxygens (including phenoxy) is 2. The molecule has 1 unspecified atom stereocenters. The molecule has 0 aromatic heterocycles. The molecule has 4 rings (SSSR count). The van der Waals surface area contributed by atoms with Crippen LogP contribution in [0.3, 0.4) is 0 Å². The molecule has 0 saturated carbocycles. The summed E-state index contributed by atoms with van der Waals surface area (Å²) in [5, 5.41) is 3.00. The van der Waals surface area contributed by atoms with Crippen molar-refractivity contribution < 1.29 is 14.3 Å². The molecule has 3 heterocycles. The number of rotatable bonds is 5. The van der Waals surface area contributed by atoms with Crippen molar-refractivity contribution in [2.24, 2.45) is 5.92 Å². The summed E-state index contributed by atoms with van der Waals surface area (Å²) in [5.41, 5.74) is 1.44. The summed E-state index contributed by atoms with van der Waals surface area (Å²) < 4.78 is 10.7. The number of hydrogen-bond donors (Lipinski definition) is 1. The maximum atomic E-state index is 12.7. The number of methoxy groups -OCH3 is 1. The van der Waals surface area contributed by atoms with Crippen LogP contribution in [0.5, 0.6) is 0 Å². The first-order chi connectivity index (χ1) is 13.2. The molecule has 0 bridgehead atoms. The average molecular weight is 373 g/mol. The second kappa shape index (κ2) is 8.17. The van der Waals surface area contributed by atoms with Crippen molar-refractivity contribution in [3.05, 3.63) is 35.9 Å². The lowest BCUT2D eigenvalue weighted by molar-refractivity contribution is 0.0740. The van der Waals surface area contributed by atoms with Gasteiger partial charge in [0.15, 0.2) is 0 Å². The normalized spacial score (nSPS) is 31.1. The number of nitrogens with one attached hydrogen (secondary N) is 1. The van der Waals surface area contributed by atoms with Crippen LogP contribution in [0.15, 0.2) is 30.3 Å². The maximum Gasteiger partial charge on any atom is 0.317 e. The summed E-state index contributed by atoms with van der Waals surface area (Å²) in [6.45, 7) is 6.58. The van der Waals surface area contributed by atoms with Gasteiger partial charge in [-0.1, -0.05) is 30.3 Å². The number of piperidine rings is 1. The number of amides is 2. The number of carbonyl (C=O) groups excluding carboxylic acids is 1. The number of hydrogen-bond acceptors (Lipinski definition) is 4. The molecule has 1 N–H and O–H groups in total. The number of carbonyl (C=O) groups is 1. The number of urea groups is 1. The molecule has 3 atom stereocenters. The van der Waals surface area contributed by atoms with Crippen LogP contribution in [0.4, 0.5) is 4.79 Å². The Bertz CT molecular complexity index is 635. The lowest BCUT2D eigenvalue weighted by Crippen LogP contribution is -2.52. The third kappa shape index (κ3) is 3.71. The van der Waals surface area contributed by atoms with Gasteiger partial charge in [-0.25, -0.2) is 4.79 Å². The van der Waals surface area contributed by atoms with E-state index < -0.39 is 0 Å². The van der Waals surface area contributed by atoms with Gasteiger partial charge in [0.05, 0.1) is 13.2 Å². The van der Waals surface area contributed by atoms with Gasteiger partial charge in [0.2, 0.25) is 0 Å². The van der Waals surface area contributed by atoms with Crippen LogP contribution in [0, 0.1) is 5.92 Å². The van der Waals surface area contributed by atoms with E-state index in [0.29, 0.717) is 25.1 Å². The second-order valence-corrected chi connectivity index (χ2v) is 8.09. The van der Waals surface area contributed by atoms with Crippen LogP contribution in [0.1, 0.15) is 18.4 Å². The van der Waals surface area contributed by atoms with Gasteiger partial charge in [0.1, 0.15) is 0 Å². The SMILES string of the molecule is COCCNC(=O)N1C[C@H]2CN(C3CCOC3)CC[C@@]2(c2ccccc2)C1. The molecule has 1 aromatic rings. The van der Waals surface area contributed by atoms with Crippen LogP contribution < -0.4 is 5.32 Å². The van der Waals surface area contributed by atoms with E-state index in [4.69, 9.17) is 9.47 Å². The lowest BCUT2D eigenvalue weighted by atomic mass is 9.67. The first-order valence-corrected chi connectivity index (χ1v) is 10.1. The fourth-order valence-corrected chi connectivity index (χ4v) is 5.12. The quantitative estimate of drug-likeness (QED) is 0.799. The van der Waals surface area contributed by atoms with Crippen molar-refractivity contribution in [2.75, 3.05) is 59.7 Å². The van der Waals surface area contributed by atoms with E-state index in [1.807, 2.05) is 4.90 Å². The lowest BCUT2D eigenvalue weighted by Gasteiger charge is -2.45. The van der Waals surface area contributed by atoms with E-state index in [0.717, 1.165) is 52.2 Å². The van der Waals surface area contributed by atoms with Gasteiger partial charge in [-0.2, -0.15) is 0 Å².